The minimum absolute atomic E-state index is 0. The fourth-order valence-corrected chi connectivity index (χ4v) is 7.87. The fraction of sp³-hybridized carbons (Fsp3) is 0.207. The third-order valence-corrected chi connectivity index (χ3v) is 11.4. The van der Waals surface area contributed by atoms with Crippen LogP contribution in [-0.4, -0.2) is 15.0 Å². The molecule has 0 saturated carbocycles. The Hall–Kier alpha value is -6.51. The van der Waals surface area contributed by atoms with Gasteiger partial charge < -0.3 is 19.4 Å². The summed E-state index contributed by atoms with van der Waals surface area (Å²) in [6, 6.07) is 46.6. The van der Waals surface area contributed by atoms with E-state index in [-0.39, 0.29) is 60.0 Å². The number of hydrogen-bond donors (Lipinski definition) is 0. The van der Waals surface area contributed by atoms with E-state index in [0.29, 0.717) is 55.7 Å². The molecule has 0 aliphatic carbocycles. The Morgan fingerprint density at radius 2 is 1.08 bits per heavy atom. The second kappa shape index (κ2) is 17.9. The van der Waals surface area contributed by atoms with E-state index in [9.17, 15) is 13.5 Å². The number of fused-ring (bicyclic) bond motifs is 3. The molecule has 0 amide bonds. The maximum Gasteiger partial charge on any atom is 3.00 e. The maximum absolute atomic E-state index is 10.0. The Morgan fingerprint density at radius 1 is 0.594 bits per heavy atom. The predicted octanol–water partition coefficient (Wildman–Crippen LogP) is 13.6. The summed E-state index contributed by atoms with van der Waals surface area (Å²) in [6.07, 6.45) is -1.77. The molecular formula is C58H49IrN4O. The number of pyridine rings is 3. The molecule has 6 heteroatoms. The van der Waals surface area contributed by atoms with E-state index < -0.39 is 35.4 Å². The van der Waals surface area contributed by atoms with Crippen LogP contribution in [0, 0.1) is 29.5 Å². The molecule has 0 bridgehead atoms. The number of nitriles is 1. The van der Waals surface area contributed by atoms with Crippen molar-refractivity contribution in [1.29, 1.82) is 5.26 Å². The molecule has 9 rings (SSSR count). The van der Waals surface area contributed by atoms with Gasteiger partial charge in [0.2, 0.25) is 0 Å². The first kappa shape index (κ1) is 34.9. The average molecular weight is 1020 g/mol. The first-order valence-electron chi connectivity index (χ1n) is 24.8. The topological polar surface area (TPSA) is 75.6 Å². The molecule has 0 N–H and O–H groups in total. The van der Waals surface area contributed by atoms with E-state index in [1.165, 1.54) is 18.2 Å². The van der Waals surface area contributed by atoms with Crippen molar-refractivity contribution in [1.82, 2.24) is 15.0 Å². The summed E-state index contributed by atoms with van der Waals surface area (Å²) < 4.78 is 82.8. The number of hydrogen-bond acceptors (Lipinski definition) is 5. The van der Waals surface area contributed by atoms with Crippen molar-refractivity contribution in [3.8, 4) is 39.8 Å². The van der Waals surface area contributed by atoms with E-state index in [2.05, 4.69) is 18.2 Å². The number of rotatable bonds is 12. The van der Waals surface area contributed by atoms with Gasteiger partial charge >= 0.3 is 20.1 Å². The van der Waals surface area contributed by atoms with Gasteiger partial charge in [-0.3, -0.25) is 0 Å². The molecule has 316 valence electrons. The molecule has 5 aromatic carbocycles. The zero-order chi connectivity index (χ0) is 50.9. The van der Waals surface area contributed by atoms with Gasteiger partial charge in [-0.2, -0.15) is 5.26 Å². The van der Waals surface area contributed by atoms with Crippen LogP contribution in [0.2, 0.25) is 0 Å². The van der Waals surface area contributed by atoms with Crippen LogP contribution in [0.4, 0.5) is 0 Å². The van der Waals surface area contributed by atoms with Crippen molar-refractivity contribution < 1.29 is 35.5 Å². The number of benzene rings is 5. The van der Waals surface area contributed by atoms with Crippen molar-refractivity contribution >= 4 is 21.9 Å². The first-order chi connectivity index (χ1) is 33.5. The van der Waals surface area contributed by atoms with Crippen LogP contribution in [-0.2, 0) is 55.5 Å². The predicted molar refractivity (Wildman–Crippen MR) is 254 cm³/mol. The van der Waals surface area contributed by atoms with Crippen LogP contribution in [0.25, 0.3) is 55.7 Å². The molecule has 0 aliphatic heterocycles. The molecule has 0 spiro atoms. The summed E-state index contributed by atoms with van der Waals surface area (Å²) >= 11 is 0. The van der Waals surface area contributed by atoms with Crippen molar-refractivity contribution in [2.45, 2.75) is 76.9 Å². The van der Waals surface area contributed by atoms with Gasteiger partial charge in [-0.05, 0) is 97.9 Å². The van der Waals surface area contributed by atoms with Crippen LogP contribution < -0.4 is 0 Å². The van der Waals surface area contributed by atoms with Crippen molar-refractivity contribution in [3.05, 3.63) is 209 Å². The summed E-state index contributed by atoms with van der Waals surface area (Å²) in [5, 5.41) is 10.7. The standard InChI is InChI=1S/C58H49N4O.Ir/c1-56(2,45-21-25-51(60-36-45)43-14-9-7-10-15-43)32-40-28-41(33-57(3,4)46-22-26-52(61-37-46)44-16-11-8-12-17-44)30-42(29-40)34-58(5,6)47-23-27-53(62-38-47)50-19-13-18-49-48-24-20-39(35-59)31-54(48)63-55(49)50;/h7-14,16,18,20-31,36-38H,32-34H2,1-6H3;/q-3;+3/i20D,31D,32D2,33D2,34D2;. The van der Waals surface area contributed by atoms with Crippen molar-refractivity contribution in [2.75, 3.05) is 0 Å². The van der Waals surface area contributed by atoms with Gasteiger partial charge in [0, 0.05) is 32.2 Å². The smallest absolute Gasteiger partial charge is 0.501 e. The molecule has 0 fully saturated rings. The molecule has 4 heterocycles. The molecule has 0 aliphatic rings. The summed E-state index contributed by atoms with van der Waals surface area (Å²) in [4.78, 5) is 14.2. The largest absolute Gasteiger partial charge is 3.00 e. The average Bonchev–Trinajstić information content (AvgIpc) is 3.75. The molecule has 0 atom stereocenters. The Bertz CT molecular complexity index is 3370. The minimum Gasteiger partial charge on any atom is -0.501 e. The zero-order valence-corrected chi connectivity index (χ0v) is 38.7. The van der Waals surface area contributed by atoms with Gasteiger partial charge in [-0.25, -0.2) is 0 Å². The number of nitrogens with zero attached hydrogens (tertiary/aromatic N) is 4. The van der Waals surface area contributed by atoms with E-state index in [1.807, 2.05) is 66.7 Å². The molecule has 0 unspecified atom stereocenters. The Morgan fingerprint density at radius 3 is 1.50 bits per heavy atom. The molecule has 9 aromatic rings. The van der Waals surface area contributed by atoms with Gasteiger partial charge in [0.1, 0.15) is 5.58 Å². The van der Waals surface area contributed by atoms with Crippen LogP contribution >= 0.6 is 0 Å². The van der Waals surface area contributed by atoms with E-state index in [4.69, 9.17) is 22.1 Å². The number of furan rings is 1. The molecule has 0 saturated heterocycles. The third kappa shape index (κ3) is 9.25. The van der Waals surface area contributed by atoms with Gasteiger partial charge in [-0.15, -0.1) is 90.0 Å². The van der Waals surface area contributed by atoms with Crippen LogP contribution in [0.1, 0.15) is 91.5 Å². The quantitative estimate of drug-likeness (QED) is 0.114. The van der Waals surface area contributed by atoms with Gasteiger partial charge in [0.05, 0.1) is 20.0 Å². The molecule has 64 heavy (non-hydrogen) atoms. The minimum atomic E-state index is -2.26. The van der Waals surface area contributed by atoms with Gasteiger partial charge in [-0.1, -0.05) is 113 Å². The Kier molecular flexibility index (Phi) is 9.78. The Balaban J connectivity index is 0.00000693. The second-order valence-electron chi connectivity index (χ2n) is 17.2. The monoisotopic (exact) mass is 1020 g/mol. The third-order valence-electron chi connectivity index (χ3n) is 11.4. The fourth-order valence-electron chi connectivity index (χ4n) is 7.87. The van der Waals surface area contributed by atoms with Crippen molar-refractivity contribution in [3.63, 3.8) is 0 Å². The van der Waals surface area contributed by atoms with E-state index >= 15 is 0 Å². The first-order valence-corrected chi connectivity index (χ1v) is 20.8. The molecule has 5 nitrogen and oxygen atoms in total. The normalized spacial score (nSPS) is 14.5. The summed E-state index contributed by atoms with van der Waals surface area (Å²) in [5.74, 6) is 0. The van der Waals surface area contributed by atoms with Crippen LogP contribution in [0.3, 0.4) is 0 Å². The molecular weight excluding hydrogens is 961 g/mol. The summed E-state index contributed by atoms with van der Waals surface area (Å²) in [7, 11) is 0. The number of aromatic nitrogens is 3. The maximum atomic E-state index is 10.0. The zero-order valence-electron chi connectivity index (χ0n) is 44.3. The SMILES string of the molecule is [2H]c1cc2c(oc3c(-c4ccc(C(C)(C)C([2H])([2H])c5cc(C([2H])([2H])C(C)(C)c6ccc(-c7[c-]cccc7)nc6)cc(C([2H])([2H])C(C)(C)c6ccc(-c7[c-]cccc7)nc6)c5)cn4)[c-]ccc32)c([2H])c1C#N.[Ir+3]. The molecule has 4 aromatic heterocycles. The second-order valence-corrected chi connectivity index (χ2v) is 17.2. The van der Waals surface area contributed by atoms with Gasteiger partial charge in [0.15, 0.2) is 0 Å². The van der Waals surface area contributed by atoms with Crippen molar-refractivity contribution in [2.24, 2.45) is 0 Å². The van der Waals surface area contributed by atoms with E-state index in [1.54, 1.807) is 103 Å². The van der Waals surface area contributed by atoms with Gasteiger partial charge in [0.25, 0.3) is 0 Å². The Labute approximate surface area is 401 Å². The molecule has 0 radical (unpaired) electrons. The summed E-state index contributed by atoms with van der Waals surface area (Å²) in [5.41, 5.74) is 2.48. The van der Waals surface area contributed by atoms with Crippen LogP contribution in [0.5, 0.6) is 0 Å². The summed E-state index contributed by atoms with van der Waals surface area (Å²) in [6.45, 7) is 10.6. The van der Waals surface area contributed by atoms with E-state index in [0.717, 1.165) is 11.1 Å². The van der Waals surface area contributed by atoms with Crippen LogP contribution in [0.15, 0.2) is 156 Å².